The smallest absolute Gasteiger partial charge is 0.407 e. The molecule has 5 aliphatic rings. The third kappa shape index (κ3) is 10.2. The van der Waals surface area contributed by atoms with E-state index in [1.807, 2.05) is 12.1 Å². The summed E-state index contributed by atoms with van der Waals surface area (Å²) in [5, 5.41) is 16.2. The largest absolute Gasteiger partial charge is 0.444 e. The quantitative estimate of drug-likeness (QED) is 0.166. The van der Waals surface area contributed by atoms with E-state index in [0.29, 0.717) is 30.3 Å². The van der Waals surface area contributed by atoms with Crippen molar-refractivity contribution in [3.63, 3.8) is 0 Å². The van der Waals surface area contributed by atoms with Crippen LogP contribution in [0.2, 0.25) is 0 Å². The predicted octanol–water partition coefficient (Wildman–Crippen LogP) is 5.26. The monoisotopic (exact) mass is 930 g/mol. The van der Waals surface area contributed by atoms with Crippen LogP contribution in [0.25, 0.3) is 5.65 Å². The van der Waals surface area contributed by atoms with Crippen LogP contribution >= 0.6 is 0 Å². The fourth-order valence-corrected chi connectivity index (χ4v) is 10.1. The fourth-order valence-electron chi connectivity index (χ4n) is 10.1. The van der Waals surface area contributed by atoms with Gasteiger partial charge in [-0.2, -0.15) is 10.2 Å². The number of fused-ring (bicyclic) bond motifs is 2. The molecule has 67 heavy (non-hydrogen) atoms. The number of piperidine rings is 2. The first kappa shape index (κ1) is 45.9. The van der Waals surface area contributed by atoms with Gasteiger partial charge in [-0.15, -0.1) is 0 Å². The van der Waals surface area contributed by atoms with Crippen molar-refractivity contribution in [2.45, 2.75) is 115 Å². The maximum absolute atomic E-state index is 14.9. The number of carbonyl (C=O) groups is 5. The van der Waals surface area contributed by atoms with Gasteiger partial charge in [0.2, 0.25) is 11.8 Å². The molecule has 0 spiro atoms. The zero-order valence-electron chi connectivity index (χ0n) is 37.9. The Hall–Kier alpha value is -6.25. The highest BCUT2D eigenvalue weighted by Crippen LogP contribution is 2.37. The molecule has 0 radical (unpaired) electrons. The Bertz CT molecular complexity index is 2530. The first-order valence-electron chi connectivity index (χ1n) is 23.2. The van der Waals surface area contributed by atoms with E-state index in [4.69, 9.17) is 4.74 Å². The summed E-state index contributed by atoms with van der Waals surface area (Å²) < 4.78 is 52.0. The summed E-state index contributed by atoms with van der Waals surface area (Å²) in [6.07, 6.45) is 4.57. The van der Waals surface area contributed by atoms with Crippen LogP contribution in [0.15, 0.2) is 42.9 Å². The Morgan fingerprint density at radius 2 is 1.76 bits per heavy atom. The molecule has 3 N–H and O–H groups in total. The lowest BCUT2D eigenvalue weighted by molar-refractivity contribution is -0.136. The van der Waals surface area contributed by atoms with Crippen molar-refractivity contribution >= 4 is 52.6 Å². The van der Waals surface area contributed by atoms with Crippen LogP contribution in [0, 0.1) is 5.92 Å². The highest BCUT2D eigenvalue weighted by molar-refractivity contribution is 6.08. The van der Waals surface area contributed by atoms with Gasteiger partial charge in [0.1, 0.15) is 29.2 Å². The molecule has 9 rings (SSSR count). The van der Waals surface area contributed by atoms with Gasteiger partial charge in [-0.25, -0.2) is 27.5 Å². The molecular formula is C46H57F3N12O6. The van der Waals surface area contributed by atoms with Gasteiger partial charge in [0.05, 0.1) is 30.5 Å². The van der Waals surface area contributed by atoms with Gasteiger partial charge in [-0.1, -0.05) is 0 Å². The minimum Gasteiger partial charge on any atom is -0.444 e. The molecule has 1 saturated carbocycles. The van der Waals surface area contributed by atoms with Crippen molar-refractivity contribution < 1.29 is 41.9 Å². The number of alkyl carbamates (subject to hydrolysis) is 1. The number of anilines is 3. The second kappa shape index (κ2) is 18.8. The average molecular weight is 931 g/mol. The SMILES string of the molecule is CC(C)(C)OC(=O)N[C@@H]1C[C@@H](F)CN(c2ccn3ncc(C(=O)Nc4cn(C5CCC(CCN6CCN(c7ccc8c(c7)CN(C7CCC(=O)NC7=O)C8=O)CC6)CC5)nc4C(F)F)c3n2)C1. The number of piperazine rings is 1. The number of hydrogen-bond acceptors (Lipinski definition) is 12. The Kier molecular flexibility index (Phi) is 12.9. The Morgan fingerprint density at radius 3 is 2.49 bits per heavy atom. The number of amides is 5. The number of halogens is 3. The number of imide groups is 1. The summed E-state index contributed by atoms with van der Waals surface area (Å²) in [5.41, 5.74) is 1.40. The van der Waals surface area contributed by atoms with Crippen molar-refractivity contribution in [3.05, 3.63) is 65.2 Å². The molecule has 3 aromatic heterocycles. The summed E-state index contributed by atoms with van der Waals surface area (Å²) in [4.78, 5) is 76.0. The second-order valence-corrected chi connectivity index (χ2v) is 19.4. The number of aromatic nitrogens is 5. The van der Waals surface area contributed by atoms with Gasteiger partial charge < -0.3 is 30.1 Å². The van der Waals surface area contributed by atoms with Crippen molar-refractivity contribution in [2.75, 3.05) is 60.9 Å². The van der Waals surface area contributed by atoms with E-state index in [1.54, 1.807) is 47.5 Å². The minimum atomic E-state index is -2.93. The number of alkyl halides is 3. The van der Waals surface area contributed by atoms with E-state index in [0.717, 1.165) is 76.1 Å². The average Bonchev–Trinajstić information content (AvgIpc) is 4.00. The zero-order chi connectivity index (χ0) is 47.1. The maximum Gasteiger partial charge on any atom is 0.407 e. The molecule has 4 aliphatic heterocycles. The molecule has 5 amide bonds. The van der Waals surface area contributed by atoms with Crippen LogP contribution in [0.4, 0.5) is 35.2 Å². The van der Waals surface area contributed by atoms with E-state index >= 15 is 0 Å². The number of hydrogen-bond donors (Lipinski definition) is 3. The summed E-state index contributed by atoms with van der Waals surface area (Å²) in [5.74, 6) is -0.756. The molecule has 3 saturated heterocycles. The number of carbonyl (C=O) groups excluding carboxylic acids is 5. The summed E-state index contributed by atoms with van der Waals surface area (Å²) in [6.45, 7) is 10.3. The molecule has 1 unspecified atom stereocenters. The molecule has 3 atom stereocenters. The summed E-state index contributed by atoms with van der Waals surface area (Å²) in [6, 6.07) is 6.21. The van der Waals surface area contributed by atoms with E-state index in [2.05, 4.69) is 47.0 Å². The second-order valence-electron chi connectivity index (χ2n) is 19.4. The van der Waals surface area contributed by atoms with Gasteiger partial charge in [0, 0.05) is 75.8 Å². The lowest BCUT2D eigenvalue weighted by atomic mass is 9.84. The van der Waals surface area contributed by atoms with Gasteiger partial charge in [-0.3, -0.25) is 34.1 Å². The highest BCUT2D eigenvalue weighted by Gasteiger charge is 2.40. The van der Waals surface area contributed by atoms with Crippen LogP contribution in [-0.4, -0.2) is 134 Å². The Balaban J connectivity index is 0.755. The van der Waals surface area contributed by atoms with Crippen molar-refractivity contribution in [1.29, 1.82) is 0 Å². The normalized spacial score (nSPS) is 24.0. The lowest BCUT2D eigenvalue weighted by Crippen LogP contribution is -2.52. The van der Waals surface area contributed by atoms with E-state index in [-0.39, 0.29) is 60.7 Å². The molecular weight excluding hydrogens is 874 g/mol. The van der Waals surface area contributed by atoms with Crippen LogP contribution in [0.3, 0.4) is 0 Å². The molecule has 0 bridgehead atoms. The van der Waals surface area contributed by atoms with Gasteiger partial charge in [0.25, 0.3) is 18.2 Å². The van der Waals surface area contributed by atoms with Crippen LogP contribution in [0.1, 0.15) is 117 Å². The zero-order valence-corrected chi connectivity index (χ0v) is 37.9. The van der Waals surface area contributed by atoms with Crippen molar-refractivity contribution in [3.8, 4) is 0 Å². The number of nitrogens with zero attached hydrogens (tertiary/aromatic N) is 9. The first-order chi connectivity index (χ1) is 32.0. The lowest BCUT2D eigenvalue weighted by Gasteiger charge is -2.37. The molecule has 1 aromatic carbocycles. The predicted molar refractivity (Wildman–Crippen MR) is 240 cm³/mol. The number of ether oxygens (including phenoxy) is 1. The van der Waals surface area contributed by atoms with Crippen LogP contribution < -0.4 is 25.8 Å². The molecule has 7 heterocycles. The van der Waals surface area contributed by atoms with Gasteiger partial charge >= 0.3 is 6.09 Å². The summed E-state index contributed by atoms with van der Waals surface area (Å²) in [7, 11) is 0. The molecule has 4 fully saturated rings. The molecule has 1 aliphatic carbocycles. The molecule has 4 aromatic rings. The molecule has 358 valence electrons. The topological polar surface area (TPSA) is 192 Å². The van der Waals surface area contributed by atoms with Crippen molar-refractivity contribution in [1.82, 2.24) is 44.8 Å². The fraction of sp³-hybridized carbons (Fsp3) is 0.565. The van der Waals surface area contributed by atoms with Gasteiger partial charge in [-0.05, 0) is 102 Å². The Labute approximate surface area is 385 Å². The van der Waals surface area contributed by atoms with Crippen molar-refractivity contribution in [2.24, 2.45) is 5.92 Å². The van der Waals surface area contributed by atoms with Crippen LogP contribution in [0.5, 0.6) is 0 Å². The third-order valence-electron chi connectivity index (χ3n) is 13.5. The number of nitrogens with one attached hydrogen (secondary N) is 3. The highest BCUT2D eigenvalue weighted by atomic mass is 19.3. The Morgan fingerprint density at radius 1 is 0.985 bits per heavy atom. The van der Waals surface area contributed by atoms with Crippen LogP contribution in [-0.2, 0) is 20.9 Å². The van der Waals surface area contributed by atoms with E-state index in [9.17, 15) is 37.1 Å². The number of rotatable bonds is 11. The van der Waals surface area contributed by atoms with E-state index < -0.39 is 53.9 Å². The van der Waals surface area contributed by atoms with E-state index in [1.165, 1.54) is 16.9 Å². The first-order valence-corrected chi connectivity index (χ1v) is 23.2. The molecule has 21 heteroatoms. The summed E-state index contributed by atoms with van der Waals surface area (Å²) >= 11 is 0. The number of benzene rings is 1. The minimum absolute atomic E-state index is 0.0173. The molecule has 18 nitrogen and oxygen atoms in total. The maximum atomic E-state index is 14.9. The third-order valence-corrected chi connectivity index (χ3v) is 13.5. The van der Waals surface area contributed by atoms with Gasteiger partial charge in [0.15, 0.2) is 11.3 Å². The standard InChI is InChI=1S/C46H57F3N12O6/c1-46(2,3)67-45(66)51-30-21-29(47)24-58(25-30)37-13-15-60-41(53-37)34(22-50-60)42(63)52-35-26-61(55-39(35)40(48)49)31-6-4-27(5-7-31)12-14-56-16-18-57(19-17-56)32-8-9-33-28(20-32)23-59(44(33)65)36-10-11-38(62)54-43(36)64/h8-9,13,15,20,22,26-27,29-31,36,40H,4-7,10-12,14,16-19,21,23-25H2,1-3H3,(H,51,66)(H,52,63)(H,54,62,64)/t27?,29-,30-,31?,36?/m1/s1.